The van der Waals surface area contributed by atoms with Gasteiger partial charge in [-0.15, -0.1) is 0 Å². The fraction of sp³-hybridized carbons (Fsp3) is 0.158. The number of carbonyl (C=O) groups excluding carboxylic acids is 1. The highest BCUT2D eigenvalue weighted by Crippen LogP contribution is 2.20. The summed E-state index contributed by atoms with van der Waals surface area (Å²) in [6.45, 7) is -2.67. The van der Waals surface area contributed by atoms with Gasteiger partial charge >= 0.3 is 6.61 Å². The molecule has 5 nitrogen and oxygen atoms in total. The van der Waals surface area contributed by atoms with Gasteiger partial charge in [0.15, 0.2) is 0 Å². The van der Waals surface area contributed by atoms with E-state index in [0.29, 0.717) is 28.3 Å². The van der Waals surface area contributed by atoms with Crippen LogP contribution < -0.4 is 15.6 Å². The molecule has 1 heterocycles. The maximum atomic E-state index is 12.4. The van der Waals surface area contributed by atoms with Gasteiger partial charge in [-0.1, -0.05) is 36.4 Å². The molecule has 26 heavy (non-hydrogen) atoms. The van der Waals surface area contributed by atoms with Crippen LogP contribution in [0.5, 0.6) is 5.75 Å². The SMILES string of the molecule is O=C(NCCc1ccccc1OC(F)F)c1c[nH]c(=O)c2ccccc12. The van der Waals surface area contributed by atoms with Gasteiger partial charge in [0.05, 0.1) is 5.56 Å². The van der Waals surface area contributed by atoms with E-state index >= 15 is 0 Å². The number of nitrogens with one attached hydrogen (secondary N) is 2. The smallest absolute Gasteiger partial charge is 0.387 e. The zero-order chi connectivity index (χ0) is 18.5. The number of amides is 1. The van der Waals surface area contributed by atoms with Crippen LogP contribution in [0.4, 0.5) is 8.78 Å². The Labute approximate surface area is 147 Å². The molecule has 0 atom stereocenters. The predicted molar refractivity (Wildman–Crippen MR) is 93.7 cm³/mol. The topological polar surface area (TPSA) is 71.2 Å². The number of halogens is 2. The van der Waals surface area contributed by atoms with E-state index in [2.05, 4.69) is 15.0 Å². The van der Waals surface area contributed by atoms with Gasteiger partial charge in [0.25, 0.3) is 11.5 Å². The fourth-order valence-corrected chi connectivity index (χ4v) is 2.72. The maximum absolute atomic E-state index is 12.4. The van der Waals surface area contributed by atoms with Gasteiger partial charge in [-0.2, -0.15) is 8.78 Å². The van der Waals surface area contributed by atoms with Crippen LogP contribution in [-0.4, -0.2) is 24.0 Å². The molecule has 134 valence electrons. The zero-order valence-corrected chi connectivity index (χ0v) is 13.7. The van der Waals surface area contributed by atoms with Gasteiger partial charge in [-0.05, 0) is 24.1 Å². The molecule has 1 aromatic heterocycles. The number of rotatable bonds is 6. The third kappa shape index (κ3) is 3.88. The number of H-pyrrole nitrogens is 1. The van der Waals surface area contributed by atoms with Crippen molar-refractivity contribution in [3.05, 3.63) is 76.2 Å². The highest BCUT2D eigenvalue weighted by atomic mass is 19.3. The summed E-state index contributed by atoms with van der Waals surface area (Å²) in [7, 11) is 0. The number of hydrogen-bond acceptors (Lipinski definition) is 3. The van der Waals surface area contributed by atoms with Crippen LogP contribution >= 0.6 is 0 Å². The summed E-state index contributed by atoms with van der Waals surface area (Å²) in [5, 5.41) is 3.71. The average molecular weight is 358 g/mol. The highest BCUT2D eigenvalue weighted by Gasteiger charge is 2.13. The highest BCUT2D eigenvalue weighted by molar-refractivity contribution is 6.06. The molecule has 1 amide bonds. The van der Waals surface area contributed by atoms with E-state index in [-0.39, 0.29) is 23.8 Å². The number of aromatic nitrogens is 1. The van der Waals surface area contributed by atoms with Crippen molar-refractivity contribution in [1.82, 2.24) is 10.3 Å². The molecule has 7 heteroatoms. The Bertz CT molecular complexity index is 986. The first-order valence-corrected chi connectivity index (χ1v) is 7.97. The Hall–Kier alpha value is -3.22. The van der Waals surface area contributed by atoms with Gasteiger partial charge in [-0.3, -0.25) is 9.59 Å². The Morgan fingerprint density at radius 3 is 2.54 bits per heavy atom. The third-order valence-electron chi connectivity index (χ3n) is 3.92. The maximum Gasteiger partial charge on any atom is 0.387 e. The fourth-order valence-electron chi connectivity index (χ4n) is 2.72. The van der Waals surface area contributed by atoms with Crippen molar-refractivity contribution in [1.29, 1.82) is 0 Å². The van der Waals surface area contributed by atoms with Crippen molar-refractivity contribution >= 4 is 16.7 Å². The molecular formula is C19H16F2N2O3. The van der Waals surface area contributed by atoms with E-state index in [1.165, 1.54) is 12.3 Å². The second-order valence-electron chi connectivity index (χ2n) is 5.57. The van der Waals surface area contributed by atoms with E-state index < -0.39 is 6.61 Å². The van der Waals surface area contributed by atoms with Crippen LogP contribution in [0.1, 0.15) is 15.9 Å². The Morgan fingerprint density at radius 1 is 1.08 bits per heavy atom. The van der Waals surface area contributed by atoms with Crippen molar-refractivity contribution in [2.24, 2.45) is 0 Å². The summed E-state index contributed by atoms with van der Waals surface area (Å²) >= 11 is 0. The minimum atomic E-state index is -2.90. The number of fused-ring (bicyclic) bond motifs is 1. The summed E-state index contributed by atoms with van der Waals surface area (Å²) in [5.41, 5.74) is 0.645. The molecule has 0 saturated carbocycles. The monoisotopic (exact) mass is 358 g/mol. The number of pyridine rings is 1. The summed E-state index contributed by atoms with van der Waals surface area (Å²) in [5.74, 6) is -0.268. The minimum absolute atomic E-state index is 0.0891. The van der Waals surface area contributed by atoms with Crippen LogP contribution in [0, 0.1) is 0 Å². The van der Waals surface area contributed by atoms with Gasteiger partial charge < -0.3 is 15.0 Å². The van der Waals surface area contributed by atoms with Crippen LogP contribution in [0.15, 0.2) is 59.5 Å². The van der Waals surface area contributed by atoms with E-state index in [9.17, 15) is 18.4 Å². The van der Waals surface area contributed by atoms with Crippen molar-refractivity contribution in [3.8, 4) is 5.75 Å². The van der Waals surface area contributed by atoms with Gasteiger partial charge in [0, 0.05) is 23.5 Å². The number of hydrogen-bond donors (Lipinski definition) is 2. The molecule has 3 rings (SSSR count). The molecule has 2 aromatic carbocycles. The standard InChI is InChI=1S/C19H16F2N2O3/c20-19(21)26-16-8-4-1-5-12(16)9-10-22-18(25)15-11-23-17(24)14-7-3-2-6-13(14)15/h1-8,11,19H,9-10H2,(H,22,25)(H,23,24). The largest absolute Gasteiger partial charge is 0.435 e. The first-order chi connectivity index (χ1) is 12.6. The first-order valence-electron chi connectivity index (χ1n) is 7.97. The molecule has 2 N–H and O–H groups in total. The molecular weight excluding hydrogens is 342 g/mol. The molecule has 0 aliphatic rings. The molecule has 0 radical (unpaired) electrons. The number of para-hydroxylation sites is 1. The summed E-state index contributed by atoms with van der Waals surface area (Å²) in [6, 6.07) is 13.2. The summed E-state index contributed by atoms with van der Waals surface area (Å²) < 4.78 is 29.3. The molecule has 3 aromatic rings. The van der Waals surface area contributed by atoms with E-state index in [1.807, 2.05) is 0 Å². The number of alkyl halides is 2. The van der Waals surface area contributed by atoms with Gasteiger partial charge in [0.1, 0.15) is 5.75 Å². The van der Waals surface area contributed by atoms with Gasteiger partial charge in [0.2, 0.25) is 0 Å². The molecule has 0 aliphatic heterocycles. The van der Waals surface area contributed by atoms with Crippen LogP contribution in [-0.2, 0) is 6.42 Å². The number of benzene rings is 2. The summed E-state index contributed by atoms with van der Waals surface area (Å²) in [4.78, 5) is 26.8. The molecule has 0 aliphatic carbocycles. The number of carbonyl (C=O) groups is 1. The minimum Gasteiger partial charge on any atom is -0.435 e. The zero-order valence-electron chi connectivity index (χ0n) is 13.7. The second kappa shape index (κ2) is 7.77. The quantitative estimate of drug-likeness (QED) is 0.711. The van der Waals surface area contributed by atoms with Crippen LogP contribution in [0.2, 0.25) is 0 Å². The third-order valence-corrected chi connectivity index (χ3v) is 3.92. The Morgan fingerprint density at radius 2 is 1.77 bits per heavy atom. The van der Waals surface area contributed by atoms with Crippen molar-refractivity contribution in [3.63, 3.8) is 0 Å². The molecule has 0 unspecified atom stereocenters. The predicted octanol–water partition coefficient (Wildman–Crippen LogP) is 3.10. The molecule has 0 spiro atoms. The second-order valence-corrected chi connectivity index (χ2v) is 5.57. The van der Waals surface area contributed by atoms with Crippen LogP contribution in [0.3, 0.4) is 0 Å². The first kappa shape index (κ1) is 17.6. The van der Waals surface area contributed by atoms with Crippen molar-refractivity contribution in [2.45, 2.75) is 13.0 Å². The van der Waals surface area contributed by atoms with E-state index in [0.717, 1.165) is 0 Å². The summed E-state index contributed by atoms with van der Waals surface area (Å²) in [6.07, 6.45) is 1.70. The van der Waals surface area contributed by atoms with E-state index in [4.69, 9.17) is 0 Å². The lowest BCUT2D eigenvalue weighted by Gasteiger charge is -2.11. The lowest BCUT2D eigenvalue weighted by atomic mass is 10.1. The Kier molecular flexibility index (Phi) is 5.26. The molecule has 0 bridgehead atoms. The number of aromatic amines is 1. The average Bonchev–Trinajstić information content (AvgIpc) is 2.63. The normalized spacial score (nSPS) is 10.9. The Balaban J connectivity index is 1.71. The van der Waals surface area contributed by atoms with E-state index in [1.54, 1.807) is 42.5 Å². The molecule has 0 saturated heterocycles. The lowest BCUT2D eigenvalue weighted by Crippen LogP contribution is -2.27. The molecule has 0 fully saturated rings. The lowest BCUT2D eigenvalue weighted by molar-refractivity contribution is -0.0504. The van der Waals surface area contributed by atoms with Crippen molar-refractivity contribution in [2.75, 3.05) is 6.54 Å². The van der Waals surface area contributed by atoms with Gasteiger partial charge in [-0.25, -0.2) is 0 Å². The number of ether oxygens (including phenoxy) is 1. The van der Waals surface area contributed by atoms with Crippen LogP contribution in [0.25, 0.3) is 10.8 Å². The van der Waals surface area contributed by atoms with Crippen molar-refractivity contribution < 1.29 is 18.3 Å².